The number of halogens is 1. The van der Waals surface area contributed by atoms with Crippen molar-refractivity contribution >= 4 is 23.3 Å². The molecule has 1 atom stereocenters. The van der Waals surface area contributed by atoms with E-state index in [-0.39, 0.29) is 23.9 Å². The van der Waals surface area contributed by atoms with E-state index in [2.05, 4.69) is 15.0 Å². The Morgan fingerprint density at radius 3 is 2.63 bits per heavy atom. The van der Waals surface area contributed by atoms with Crippen molar-refractivity contribution in [2.75, 3.05) is 18.6 Å². The third kappa shape index (κ3) is 5.10. The van der Waals surface area contributed by atoms with Crippen molar-refractivity contribution in [1.29, 1.82) is 0 Å². The molecule has 0 N–H and O–H groups in total. The van der Waals surface area contributed by atoms with Gasteiger partial charge in [0.05, 0.1) is 19.6 Å². The van der Waals surface area contributed by atoms with Gasteiger partial charge in [0.25, 0.3) is 5.89 Å². The molecule has 0 spiro atoms. The van der Waals surface area contributed by atoms with Gasteiger partial charge in [-0.15, -0.1) is 11.6 Å². The van der Waals surface area contributed by atoms with E-state index in [1.165, 1.54) is 0 Å². The summed E-state index contributed by atoms with van der Waals surface area (Å²) < 4.78 is 22.4. The zero-order chi connectivity index (χ0) is 27.2. The van der Waals surface area contributed by atoms with Crippen molar-refractivity contribution in [2.24, 2.45) is 0 Å². The maximum absolute atomic E-state index is 12.5. The summed E-state index contributed by atoms with van der Waals surface area (Å²) in [4.78, 5) is 19.3. The van der Waals surface area contributed by atoms with E-state index in [9.17, 15) is 4.79 Å². The lowest BCUT2D eigenvalue weighted by Gasteiger charge is -2.20. The molecule has 0 aliphatic carbocycles. The van der Waals surface area contributed by atoms with Crippen LogP contribution in [0.5, 0.6) is 11.5 Å². The molecule has 0 amide bonds. The minimum atomic E-state index is -0.521. The highest BCUT2D eigenvalue weighted by molar-refractivity contribution is 6.24. The van der Waals surface area contributed by atoms with Crippen LogP contribution < -0.4 is 14.4 Å². The molecule has 3 heterocycles. The second kappa shape index (κ2) is 9.98. The van der Waals surface area contributed by atoms with Crippen LogP contribution in [-0.4, -0.2) is 41.5 Å². The Morgan fingerprint density at radius 1 is 1.16 bits per heavy atom. The molecular formula is C29H32ClN3O5. The molecule has 200 valence electrons. The molecule has 2 aliphatic heterocycles. The number of fused-ring (bicyclic) bond motifs is 3. The molecule has 0 saturated carbocycles. The number of rotatable bonds is 7. The van der Waals surface area contributed by atoms with E-state index in [4.69, 9.17) is 30.3 Å². The van der Waals surface area contributed by atoms with Crippen LogP contribution in [0.2, 0.25) is 0 Å². The molecule has 2 aromatic carbocycles. The first-order chi connectivity index (χ1) is 18.0. The smallest absolute Gasteiger partial charge is 0.310 e. The quantitative estimate of drug-likeness (QED) is 0.243. The summed E-state index contributed by atoms with van der Waals surface area (Å²) in [5.41, 5.74) is 5.01. The van der Waals surface area contributed by atoms with E-state index < -0.39 is 5.60 Å². The molecule has 2 aliphatic rings. The number of ether oxygens (including phenoxy) is 3. The van der Waals surface area contributed by atoms with E-state index in [0.29, 0.717) is 23.2 Å². The lowest BCUT2D eigenvalue weighted by Crippen LogP contribution is -2.24. The van der Waals surface area contributed by atoms with Gasteiger partial charge in [-0.2, -0.15) is 4.98 Å². The fourth-order valence-electron chi connectivity index (χ4n) is 4.88. The summed E-state index contributed by atoms with van der Waals surface area (Å²) in [5, 5.41) is 3.85. The van der Waals surface area contributed by atoms with Crippen LogP contribution in [0, 0.1) is 0 Å². The summed E-state index contributed by atoms with van der Waals surface area (Å²) in [6, 6.07) is 11.5. The maximum atomic E-state index is 12.5. The molecule has 9 heteroatoms. The second-order valence-electron chi connectivity index (χ2n) is 10.7. The van der Waals surface area contributed by atoms with E-state index >= 15 is 0 Å². The molecule has 3 aromatic rings. The number of hydrogen-bond donors (Lipinski definition) is 0. The zero-order valence-electron chi connectivity index (χ0n) is 22.5. The highest BCUT2D eigenvalue weighted by Gasteiger charge is 2.39. The van der Waals surface area contributed by atoms with Crippen LogP contribution in [0.25, 0.3) is 22.8 Å². The molecule has 1 aromatic heterocycles. The number of anilines is 1. The Hall–Kier alpha value is -3.52. The van der Waals surface area contributed by atoms with Crippen molar-refractivity contribution in [1.82, 2.24) is 10.1 Å². The van der Waals surface area contributed by atoms with Crippen molar-refractivity contribution in [3.05, 3.63) is 53.2 Å². The van der Waals surface area contributed by atoms with Crippen LogP contribution in [0.15, 0.2) is 52.2 Å². The summed E-state index contributed by atoms with van der Waals surface area (Å²) >= 11 is 6.96. The van der Waals surface area contributed by atoms with E-state index in [1.54, 1.807) is 7.11 Å². The number of benzene rings is 2. The Labute approximate surface area is 227 Å². The minimum absolute atomic E-state index is 0.0235. The van der Waals surface area contributed by atoms with Gasteiger partial charge in [-0.1, -0.05) is 5.16 Å². The average Bonchev–Trinajstić information content (AvgIpc) is 3.55. The number of aromatic nitrogens is 2. The summed E-state index contributed by atoms with van der Waals surface area (Å²) in [7, 11) is 1.60. The Morgan fingerprint density at radius 2 is 1.92 bits per heavy atom. The first-order valence-corrected chi connectivity index (χ1v) is 13.2. The number of allylic oxidation sites excluding steroid dienone is 1. The van der Waals surface area contributed by atoms with Crippen molar-refractivity contribution in [3.8, 4) is 34.3 Å². The molecule has 0 fully saturated rings. The summed E-state index contributed by atoms with van der Waals surface area (Å²) in [6.45, 7) is 10.3. The highest BCUT2D eigenvalue weighted by atomic mass is 35.5. The fraction of sp³-hybridized carbons (Fsp3) is 0.414. The van der Waals surface area contributed by atoms with Crippen LogP contribution in [0.3, 0.4) is 0 Å². The summed E-state index contributed by atoms with van der Waals surface area (Å²) in [5.74, 6) is 1.85. The Bertz CT molecular complexity index is 1410. The first-order valence-electron chi connectivity index (χ1n) is 12.7. The third-order valence-electron chi connectivity index (χ3n) is 6.36. The Balaban J connectivity index is 1.39. The van der Waals surface area contributed by atoms with Crippen LogP contribution in [-0.2, 0) is 9.53 Å². The number of alkyl halides is 1. The number of carbonyl (C=O) groups excluding carboxylic acids is 1. The Kier molecular flexibility index (Phi) is 6.86. The van der Waals surface area contributed by atoms with Crippen LogP contribution in [0.4, 0.5) is 5.69 Å². The lowest BCUT2D eigenvalue weighted by atomic mass is 10.0. The van der Waals surface area contributed by atoms with Crippen molar-refractivity contribution in [2.45, 2.75) is 64.5 Å². The van der Waals surface area contributed by atoms with Gasteiger partial charge in [-0.25, -0.2) is 0 Å². The standard InChI is InChI=1S/C29H32ClN3O5/c1-16(2)36-22-10-8-19(14-23(22)35-6)28-31-27(32-38-28)18-7-9-21-20(13-18)25(30)26-17(11-12-33(21)26)15-24(34)37-29(3,4)5/h7-10,13-14,16,25H,11-12,15H2,1-6H3. The topological polar surface area (TPSA) is 86.9 Å². The minimum Gasteiger partial charge on any atom is -0.493 e. The van der Waals surface area contributed by atoms with Gasteiger partial charge >= 0.3 is 5.97 Å². The predicted octanol–water partition coefficient (Wildman–Crippen LogP) is 6.69. The van der Waals surface area contributed by atoms with E-state index in [0.717, 1.165) is 46.6 Å². The molecule has 0 saturated heterocycles. The van der Waals surface area contributed by atoms with Crippen LogP contribution >= 0.6 is 11.6 Å². The largest absolute Gasteiger partial charge is 0.493 e. The zero-order valence-corrected chi connectivity index (χ0v) is 23.3. The van der Waals surface area contributed by atoms with Gasteiger partial charge in [0.2, 0.25) is 5.82 Å². The van der Waals surface area contributed by atoms with Crippen molar-refractivity contribution in [3.63, 3.8) is 0 Å². The van der Waals surface area contributed by atoms with Gasteiger partial charge in [0.15, 0.2) is 11.5 Å². The lowest BCUT2D eigenvalue weighted by molar-refractivity contribution is -0.153. The molecule has 0 radical (unpaired) electrons. The SMILES string of the molecule is COc1cc(-c2nc(-c3ccc4c(c3)C(Cl)C3=C(CC(=O)OC(C)(C)C)CCN34)no2)ccc1OC(C)C. The van der Waals surface area contributed by atoms with Gasteiger partial charge in [0.1, 0.15) is 11.0 Å². The molecule has 5 rings (SSSR count). The highest BCUT2D eigenvalue weighted by Crippen LogP contribution is 2.51. The third-order valence-corrected chi connectivity index (χ3v) is 6.80. The van der Waals surface area contributed by atoms with Gasteiger partial charge in [0, 0.05) is 34.6 Å². The summed E-state index contributed by atoms with van der Waals surface area (Å²) in [6.07, 6.45) is 1.05. The molecule has 8 nitrogen and oxygen atoms in total. The van der Waals surface area contributed by atoms with Crippen molar-refractivity contribution < 1.29 is 23.5 Å². The number of hydrogen-bond acceptors (Lipinski definition) is 8. The maximum Gasteiger partial charge on any atom is 0.310 e. The molecule has 38 heavy (non-hydrogen) atoms. The number of esters is 1. The normalized spacial score (nSPS) is 16.6. The molecule has 0 bridgehead atoms. The average molecular weight is 538 g/mol. The molecule has 1 unspecified atom stereocenters. The fourth-order valence-corrected chi connectivity index (χ4v) is 5.33. The number of carbonyl (C=O) groups is 1. The van der Waals surface area contributed by atoms with Gasteiger partial charge in [-0.3, -0.25) is 4.79 Å². The first kappa shape index (κ1) is 26.1. The predicted molar refractivity (Wildman–Crippen MR) is 146 cm³/mol. The van der Waals surface area contributed by atoms with Gasteiger partial charge in [-0.05, 0) is 83.0 Å². The second-order valence-corrected chi connectivity index (χ2v) is 11.2. The number of methoxy groups -OCH3 is 1. The molecular weight excluding hydrogens is 506 g/mol. The number of nitrogens with zero attached hydrogens (tertiary/aromatic N) is 3. The van der Waals surface area contributed by atoms with Gasteiger partial charge < -0.3 is 23.6 Å². The monoisotopic (exact) mass is 537 g/mol. The van der Waals surface area contributed by atoms with Crippen LogP contribution in [0.1, 0.15) is 58.4 Å². The van der Waals surface area contributed by atoms with E-state index in [1.807, 2.05) is 71.0 Å².